The first-order chi connectivity index (χ1) is 11.2. The van der Waals surface area contributed by atoms with Crippen LogP contribution in [0.2, 0.25) is 0 Å². The van der Waals surface area contributed by atoms with Crippen molar-refractivity contribution < 1.29 is 10.2 Å². The average Bonchev–Trinajstić information content (AvgIpc) is 3.28. The lowest BCUT2D eigenvalue weighted by molar-refractivity contribution is 0.0411. The third kappa shape index (κ3) is 2.69. The van der Waals surface area contributed by atoms with Gasteiger partial charge in [-0.3, -0.25) is 9.38 Å². The van der Waals surface area contributed by atoms with Crippen LogP contribution in [-0.4, -0.2) is 47.5 Å². The fraction of sp³-hybridized carbons (Fsp3) is 0.357. The molecule has 0 radical (unpaired) electrons. The van der Waals surface area contributed by atoms with Crippen LogP contribution in [0.1, 0.15) is 15.8 Å². The van der Waals surface area contributed by atoms with Crippen molar-refractivity contribution in [3.05, 3.63) is 40.9 Å². The van der Waals surface area contributed by atoms with Gasteiger partial charge >= 0.3 is 0 Å². The smallest absolute Gasteiger partial charge is 0.180 e. The van der Waals surface area contributed by atoms with Crippen LogP contribution >= 0.6 is 23.1 Å². The van der Waals surface area contributed by atoms with Gasteiger partial charge in [0.05, 0.1) is 41.4 Å². The van der Waals surface area contributed by atoms with Crippen molar-refractivity contribution in [3.63, 3.8) is 0 Å². The number of aliphatic hydroxyl groups excluding tert-OH is 2. The summed E-state index contributed by atoms with van der Waals surface area (Å²) in [6, 6.07) is 0. The summed E-state index contributed by atoms with van der Waals surface area (Å²) in [6.45, 7) is 0.638. The predicted octanol–water partition coefficient (Wildman–Crippen LogP) is 1.31. The summed E-state index contributed by atoms with van der Waals surface area (Å²) in [6.07, 6.45) is 5.63. The molecule has 0 spiro atoms. The van der Waals surface area contributed by atoms with Crippen LogP contribution in [0.25, 0.3) is 5.65 Å². The number of imidazole rings is 1. The molecule has 0 aromatic carbocycles. The molecular weight excluding hydrogens is 334 g/mol. The lowest BCUT2D eigenvalue weighted by atomic mass is 10.1. The molecule has 0 saturated carbocycles. The zero-order valence-corrected chi connectivity index (χ0v) is 13.7. The molecule has 3 aromatic rings. The van der Waals surface area contributed by atoms with E-state index in [9.17, 15) is 10.2 Å². The Morgan fingerprint density at radius 3 is 2.96 bits per heavy atom. The van der Waals surface area contributed by atoms with Gasteiger partial charge in [-0.05, 0) is 0 Å². The van der Waals surface area contributed by atoms with Gasteiger partial charge in [-0.2, -0.15) is 0 Å². The monoisotopic (exact) mass is 349 g/mol. The van der Waals surface area contributed by atoms with E-state index in [0.717, 1.165) is 10.6 Å². The second-order valence-electron chi connectivity index (χ2n) is 5.29. The Morgan fingerprint density at radius 2 is 2.22 bits per heavy atom. The van der Waals surface area contributed by atoms with Crippen LogP contribution in [0, 0.1) is 0 Å². The van der Waals surface area contributed by atoms with Gasteiger partial charge in [0.15, 0.2) is 11.5 Å². The highest BCUT2D eigenvalue weighted by Gasteiger charge is 2.37. The minimum Gasteiger partial charge on any atom is -0.390 e. The van der Waals surface area contributed by atoms with Crippen LogP contribution in [0.15, 0.2) is 30.3 Å². The average molecular weight is 349 g/mol. The van der Waals surface area contributed by atoms with Crippen molar-refractivity contribution in [1.82, 2.24) is 19.4 Å². The number of nitrogens with one attached hydrogen (secondary N) is 1. The molecule has 4 rings (SSSR count). The molecule has 9 heteroatoms. The molecule has 7 nitrogen and oxygen atoms in total. The number of nitrogens with zero attached hydrogens (tertiary/aromatic N) is 4. The molecular formula is C14H15N5O2S2. The van der Waals surface area contributed by atoms with E-state index in [1.165, 1.54) is 0 Å². The van der Waals surface area contributed by atoms with E-state index in [-0.39, 0.29) is 5.25 Å². The zero-order valence-electron chi connectivity index (χ0n) is 12.0. The number of aromatic nitrogens is 4. The van der Waals surface area contributed by atoms with Gasteiger partial charge in [0, 0.05) is 29.2 Å². The highest BCUT2D eigenvalue weighted by atomic mass is 32.2. The second-order valence-corrected chi connectivity index (χ2v) is 7.43. The molecule has 3 atom stereocenters. The molecule has 1 fully saturated rings. The standard InChI is InChI=1S/C14H15N5O2S2/c20-10-6-22-12(11(10)21)9-5-18-14-13(16-1-2-19(9)14)17-4-8-3-15-7-23-8/h1-3,5,7,10-12,20-21H,4,6H2,(H,16,17)/t10-,11-,12+/m1/s1. The number of thioether (sulfide) groups is 1. The highest BCUT2D eigenvalue weighted by molar-refractivity contribution is 7.99. The van der Waals surface area contributed by atoms with Gasteiger partial charge < -0.3 is 15.5 Å². The van der Waals surface area contributed by atoms with Gasteiger partial charge in [-0.25, -0.2) is 9.97 Å². The predicted molar refractivity (Wildman–Crippen MR) is 89.6 cm³/mol. The van der Waals surface area contributed by atoms with E-state index >= 15 is 0 Å². The summed E-state index contributed by atoms with van der Waals surface area (Å²) in [4.78, 5) is 14.0. The normalized spacial score (nSPS) is 24.3. The second kappa shape index (κ2) is 6.08. The molecule has 1 aliphatic heterocycles. The molecule has 1 aliphatic rings. The summed E-state index contributed by atoms with van der Waals surface area (Å²) < 4.78 is 1.92. The van der Waals surface area contributed by atoms with Gasteiger partial charge in [-0.1, -0.05) is 0 Å². The van der Waals surface area contributed by atoms with E-state index in [4.69, 9.17) is 0 Å². The van der Waals surface area contributed by atoms with Crippen molar-refractivity contribution in [2.45, 2.75) is 24.0 Å². The summed E-state index contributed by atoms with van der Waals surface area (Å²) in [7, 11) is 0. The Labute approximate surface area is 140 Å². The van der Waals surface area contributed by atoms with Crippen molar-refractivity contribution in [1.29, 1.82) is 0 Å². The van der Waals surface area contributed by atoms with Crippen LogP contribution in [0.5, 0.6) is 0 Å². The zero-order chi connectivity index (χ0) is 15.8. The lowest BCUT2D eigenvalue weighted by Crippen LogP contribution is -2.25. The Bertz CT molecular complexity index is 807. The molecule has 0 aliphatic carbocycles. The van der Waals surface area contributed by atoms with Crippen LogP contribution in [-0.2, 0) is 6.54 Å². The number of hydrogen-bond acceptors (Lipinski definition) is 8. The summed E-state index contributed by atoms with van der Waals surface area (Å²) in [5.74, 6) is 1.21. The van der Waals surface area contributed by atoms with Crippen molar-refractivity contribution in [2.75, 3.05) is 11.1 Å². The van der Waals surface area contributed by atoms with Crippen LogP contribution in [0.4, 0.5) is 5.82 Å². The largest absolute Gasteiger partial charge is 0.390 e. The van der Waals surface area contributed by atoms with Crippen molar-refractivity contribution >= 4 is 34.6 Å². The summed E-state index contributed by atoms with van der Waals surface area (Å²) >= 11 is 3.12. The van der Waals surface area contributed by atoms with Crippen LogP contribution < -0.4 is 5.32 Å². The fourth-order valence-electron chi connectivity index (χ4n) is 2.64. The van der Waals surface area contributed by atoms with Gasteiger partial charge in [0.25, 0.3) is 0 Å². The quantitative estimate of drug-likeness (QED) is 0.653. The lowest BCUT2D eigenvalue weighted by Gasteiger charge is -2.15. The Morgan fingerprint density at radius 1 is 1.30 bits per heavy atom. The first-order valence-corrected chi connectivity index (χ1v) is 9.08. The molecule has 3 aromatic heterocycles. The maximum atomic E-state index is 10.1. The van der Waals surface area contributed by atoms with Gasteiger partial charge in [-0.15, -0.1) is 23.1 Å². The molecule has 0 bridgehead atoms. The van der Waals surface area contributed by atoms with Crippen molar-refractivity contribution in [2.24, 2.45) is 0 Å². The molecule has 3 N–H and O–H groups in total. The molecule has 0 unspecified atom stereocenters. The van der Waals surface area contributed by atoms with E-state index in [2.05, 4.69) is 20.3 Å². The van der Waals surface area contributed by atoms with E-state index in [0.29, 0.717) is 23.8 Å². The number of aliphatic hydroxyl groups is 2. The Kier molecular flexibility index (Phi) is 3.93. The molecule has 1 saturated heterocycles. The SMILES string of the molecule is O[C@@H]1[C@H](O)CS[C@H]1c1cnc2c(NCc3cncs3)nccn12. The maximum Gasteiger partial charge on any atom is 0.180 e. The number of anilines is 1. The third-order valence-electron chi connectivity index (χ3n) is 3.81. The maximum absolute atomic E-state index is 10.1. The minimum absolute atomic E-state index is 0.184. The van der Waals surface area contributed by atoms with E-state index in [1.807, 2.05) is 16.8 Å². The van der Waals surface area contributed by atoms with E-state index < -0.39 is 12.2 Å². The first kappa shape index (κ1) is 14.9. The molecule has 120 valence electrons. The van der Waals surface area contributed by atoms with Crippen LogP contribution in [0.3, 0.4) is 0 Å². The summed E-state index contributed by atoms with van der Waals surface area (Å²) in [5.41, 5.74) is 3.38. The number of fused-ring (bicyclic) bond motifs is 1. The topological polar surface area (TPSA) is 95.6 Å². The van der Waals surface area contributed by atoms with Gasteiger partial charge in [0.2, 0.25) is 0 Å². The first-order valence-electron chi connectivity index (χ1n) is 7.15. The third-order valence-corrected chi connectivity index (χ3v) is 6.01. The minimum atomic E-state index is -0.776. The molecule has 0 amide bonds. The Hall–Kier alpha value is -1.68. The fourth-order valence-corrected chi connectivity index (χ4v) is 4.49. The Balaban J connectivity index is 1.64. The summed E-state index contributed by atoms with van der Waals surface area (Å²) in [5, 5.41) is 23.0. The molecule has 4 heterocycles. The number of rotatable bonds is 4. The molecule has 23 heavy (non-hydrogen) atoms. The van der Waals surface area contributed by atoms with E-state index in [1.54, 1.807) is 41.0 Å². The highest BCUT2D eigenvalue weighted by Crippen LogP contribution is 2.40. The number of thiazole rings is 1. The number of hydrogen-bond donors (Lipinski definition) is 3. The van der Waals surface area contributed by atoms with Gasteiger partial charge in [0.1, 0.15) is 0 Å². The van der Waals surface area contributed by atoms with Crippen molar-refractivity contribution in [3.8, 4) is 0 Å².